The minimum atomic E-state index is 0.757. The molecule has 0 bridgehead atoms. The van der Waals surface area contributed by atoms with Crippen LogP contribution in [0.25, 0.3) is 0 Å². The lowest BCUT2D eigenvalue weighted by molar-refractivity contribution is 0.563. The van der Waals surface area contributed by atoms with E-state index in [1.54, 1.807) is 0 Å². The average molecular weight is 125 g/mol. The van der Waals surface area contributed by atoms with Gasteiger partial charge in [-0.15, -0.1) is 0 Å². The van der Waals surface area contributed by atoms with Crippen molar-refractivity contribution in [2.45, 2.75) is 25.7 Å². The third kappa shape index (κ3) is 1.90. The summed E-state index contributed by atoms with van der Waals surface area (Å²) in [5.41, 5.74) is 0.757. The Morgan fingerprint density at radius 1 is 1.33 bits per heavy atom. The Bertz CT molecular complexity index is 126. The van der Waals surface area contributed by atoms with Crippen molar-refractivity contribution in [1.29, 1.82) is 0 Å². The molecule has 0 saturated carbocycles. The SMILES string of the molecule is O=C=C1CCCCCN1. The van der Waals surface area contributed by atoms with Crippen molar-refractivity contribution in [2.24, 2.45) is 0 Å². The van der Waals surface area contributed by atoms with Gasteiger partial charge >= 0.3 is 0 Å². The zero-order chi connectivity index (χ0) is 6.53. The van der Waals surface area contributed by atoms with E-state index in [0.29, 0.717) is 0 Å². The summed E-state index contributed by atoms with van der Waals surface area (Å²) in [5.74, 6) is 1.90. The molecule has 1 fully saturated rings. The van der Waals surface area contributed by atoms with Gasteiger partial charge in [0.1, 0.15) is 5.94 Å². The molecule has 2 heteroatoms. The average Bonchev–Trinajstić information content (AvgIpc) is 2.13. The molecule has 1 saturated heterocycles. The zero-order valence-electron chi connectivity index (χ0n) is 5.44. The van der Waals surface area contributed by atoms with Crippen molar-refractivity contribution in [3.05, 3.63) is 5.70 Å². The molecule has 0 amide bonds. The van der Waals surface area contributed by atoms with Crippen molar-refractivity contribution in [3.63, 3.8) is 0 Å². The van der Waals surface area contributed by atoms with Gasteiger partial charge in [-0.2, -0.15) is 0 Å². The van der Waals surface area contributed by atoms with Crippen LogP contribution in [0, 0.1) is 0 Å². The van der Waals surface area contributed by atoms with Crippen molar-refractivity contribution in [1.82, 2.24) is 5.32 Å². The van der Waals surface area contributed by atoms with Gasteiger partial charge < -0.3 is 5.32 Å². The van der Waals surface area contributed by atoms with Crippen LogP contribution in [0.3, 0.4) is 0 Å². The predicted octanol–water partition coefficient (Wildman–Crippen LogP) is 0.865. The maximum absolute atomic E-state index is 10.1. The molecule has 0 aromatic rings. The quantitative estimate of drug-likeness (QED) is 0.486. The topological polar surface area (TPSA) is 29.1 Å². The third-order valence-electron chi connectivity index (χ3n) is 1.57. The Balaban J connectivity index is 2.45. The Labute approximate surface area is 54.9 Å². The van der Waals surface area contributed by atoms with Crippen molar-refractivity contribution < 1.29 is 4.79 Å². The summed E-state index contributed by atoms with van der Waals surface area (Å²) in [4.78, 5) is 10.1. The van der Waals surface area contributed by atoms with Gasteiger partial charge in [0.05, 0.1) is 5.70 Å². The number of hydrogen-bond donors (Lipinski definition) is 1. The van der Waals surface area contributed by atoms with Crippen LogP contribution in [-0.2, 0) is 4.79 Å². The molecule has 0 spiro atoms. The molecule has 0 aromatic heterocycles. The Morgan fingerprint density at radius 3 is 3.00 bits per heavy atom. The maximum atomic E-state index is 10.1. The molecule has 50 valence electrons. The second-order valence-electron chi connectivity index (χ2n) is 2.32. The Morgan fingerprint density at radius 2 is 2.22 bits per heavy atom. The summed E-state index contributed by atoms with van der Waals surface area (Å²) in [6.45, 7) is 0.949. The number of nitrogens with one attached hydrogen (secondary N) is 1. The first-order valence-electron chi connectivity index (χ1n) is 3.41. The summed E-state index contributed by atoms with van der Waals surface area (Å²) >= 11 is 0. The van der Waals surface area contributed by atoms with Crippen LogP contribution in [-0.4, -0.2) is 12.5 Å². The number of carbonyl (C=O) groups excluding carboxylic acids is 1. The summed E-state index contributed by atoms with van der Waals surface area (Å²) < 4.78 is 0. The van der Waals surface area contributed by atoms with Crippen LogP contribution < -0.4 is 5.32 Å². The van der Waals surface area contributed by atoms with E-state index < -0.39 is 0 Å². The first-order valence-corrected chi connectivity index (χ1v) is 3.41. The molecule has 1 aliphatic rings. The Hall–Kier alpha value is -0.750. The van der Waals surface area contributed by atoms with E-state index in [0.717, 1.165) is 25.1 Å². The molecule has 2 nitrogen and oxygen atoms in total. The fourth-order valence-electron chi connectivity index (χ4n) is 1.02. The molecule has 9 heavy (non-hydrogen) atoms. The maximum Gasteiger partial charge on any atom is 0.145 e. The largest absolute Gasteiger partial charge is 0.379 e. The summed E-state index contributed by atoms with van der Waals surface area (Å²) in [6.07, 6.45) is 4.45. The highest BCUT2D eigenvalue weighted by Crippen LogP contribution is 2.07. The van der Waals surface area contributed by atoms with Gasteiger partial charge in [-0.05, 0) is 19.3 Å². The highest BCUT2D eigenvalue weighted by Gasteiger charge is 2.01. The van der Waals surface area contributed by atoms with Crippen LogP contribution in [0.5, 0.6) is 0 Å². The minimum Gasteiger partial charge on any atom is -0.379 e. The van der Waals surface area contributed by atoms with E-state index in [1.165, 1.54) is 12.8 Å². The molecule has 0 atom stereocenters. The molecule has 1 heterocycles. The van der Waals surface area contributed by atoms with Crippen LogP contribution in [0.1, 0.15) is 25.7 Å². The highest BCUT2D eigenvalue weighted by molar-refractivity contribution is 5.51. The monoisotopic (exact) mass is 125 g/mol. The van der Waals surface area contributed by atoms with E-state index in [9.17, 15) is 4.79 Å². The van der Waals surface area contributed by atoms with Crippen LogP contribution >= 0.6 is 0 Å². The van der Waals surface area contributed by atoms with Gasteiger partial charge in [-0.3, -0.25) is 0 Å². The second-order valence-corrected chi connectivity index (χ2v) is 2.32. The Kier molecular flexibility index (Phi) is 2.34. The number of allylic oxidation sites excluding steroid dienone is 1. The smallest absolute Gasteiger partial charge is 0.145 e. The van der Waals surface area contributed by atoms with Gasteiger partial charge in [-0.25, -0.2) is 4.79 Å². The minimum absolute atomic E-state index is 0.757. The highest BCUT2D eigenvalue weighted by atomic mass is 16.1. The molecule has 1 rings (SSSR count). The molecule has 0 aromatic carbocycles. The first kappa shape index (κ1) is 6.37. The number of hydrogen-bond acceptors (Lipinski definition) is 2. The van der Waals surface area contributed by atoms with Crippen LogP contribution in [0.15, 0.2) is 5.70 Å². The molecule has 0 radical (unpaired) electrons. The fraction of sp³-hybridized carbons (Fsp3) is 0.714. The van der Waals surface area contributed by atoms with Crippen molar-refractivity contribution in [2.75, 3.05) is 6.54 Å². The van der Waals surface area contributed by atoms with Crippen LogP contribution in [0.4, 0.5) is 0 Å². The van der Waals surface area contributed by atoms with E-state index in [-0.39, 0.29) is 0 Å². The van der Waals surface area contributed by atoms with E-state index in [1.807, 2.05) is 5.94 Å². The summed E-state index contributed by atoms with van der Waals surface area (Å²) in [6, 6.07) is 0. The lowest BCUT2D eigenvalue weighted by Gasteiger charge is -1.97. The van der Waals surface area contributed by atoms with Gasteiger partial charge in [0.15, 0.2) is 0 Å². The molecule has 0 unspecified atom stereocenters. The lowest BCUT2D eigenvalue weighted by Crippen LogP contribution is -2.12. The molecule has 1 aliphatic heterocycles. The normalized spacial score (nSPS) is 19.8. The van der Waals surface area contributed by atoms with Crippen molar-refractivity contribution in [3.8, 4) is 0 Å². The molecule has 0 aliphatic carbocycles. The van der Waals surface area contributed by atoms with Gasteiger partial charge in [0, 0.05) is 6.54 Å². The first-order chi connectivity index (χ1) is 4.43. The molecular formula is C7H11NO. The summed E-state index contributed by atoms with van der Waals surface area (Å²) in [5, 5.41) is 3.02. The molecular weight excluding hydrogens is 114 g/mol. The van der Waals surface area contributed by atoms with E-state index >= 15 is 0 Å². The lowest BCUT2D eigenvalue weighted by atomic mass is 10.2. The zero-order valence-corrected chi connectivity index (χ0v) is 5.44. The van der Waals surface area contributed by atoms with Gasteiger partial charge in [-0.1, -0.05) is 6.42 Å². The van der Waals surface area contributed by atoms with E-state index in [4.69, 9.17) is 0 Å². The van der Waals surface area contributed by atoms with Crippen LogP contribution in [0.2, 0.25) is 0 Å². The second kappa shape index (κ2) is 3.31. The van der Waals surface area contributed by atoms with Gasteiger partial charge in [0.2, 0.25) is 0 Å². The van der Waals surface area contributed by atoms with E-state index in [2.05, 4.69) is 5.32 Å². The van der Waals surface area contributed by atoms with Gasteiger partial charge in [0.25, 0.3) is 0 Å². The fourth-order valence-corrected chi connectivity index (χ4v) is 1.02. The third-order valence-corrected chi connectivity index (χ3v) is 1.57. The molecule has 1 N–H and O–H groups in total. The summed E-state index contributed by atoms with van der Waals surface area (Å²) in [7, 11) is 0. The van der Waals surface area contributed by atoms with Crippen molar-refractivity contribution >= 4 is 5.94 Å². The standard InChI is InChI=1S/C7H11NO/c9-6-7-4-2-1-3-5-8-7/h8H,1-5H2. The number of rotatable bonds is 0. The predicted molar refractivity (Wildman–Crippen MR) is 35.7 cm³/mol.